The molecule has 1 aliphatic carbocycles. The van der Waals surface area contributed by atoms with Crippen molar-refractivity contribution in [2.24, 2.45) is 0 Å². The molecule has 8 nitrogen and oxygen atoms in total. The second-order valence-corrected chi connectivity index (χ2v) is 28.1. The fourth-order valence-electron chi connectivity index (χ4n) is 15.9. The normalized spacial score (nSPS) is 12.6. The number of hydrogen-bond donors (Lipinski definition) is 4. The van der Waals surface area contributed by atoms with Crippen molar-refractivity contribution in [1.82, 2.24) is 39.9 Å². The monoisotopic (exact) mass is 1760 g/mol. The van der Waals surface area contributed by atoms with Gasteiger partial charge < -0.3 is 19.9 Å². The van der Waals surface area contributed by atoms with E-state index in [0.717, 1.165) is 48.6 Å². The number of H-pyrrole nitrogens is 4. The molecule has 0 radical (unpaired) electrons. The van der Waals surface area contributed by atoms with Gasteiger partial charge >= 0.3 is 0 Å². The number of halogens is 30. The smallest absolute Gasteiger partial charge is 0.200 e. The predicted molar refractivity (Wildman–Crippen MR) is 398 cm³/mol. The predicted octanol–water partition coefficient (Wildman–Crippen LogP) is 26.8. The van der Waals surface area contributed by atoms with Crippen molar-refractivity contribution in [3.8, 4) is 111 Å². The molecule has 0 fully saturated rings. The zero-order valence-corrected chi connectivity index (χ0v) is 60.8. The molecule has 19 rings (SSSR count). The molecule has 16 bridgehead atoms. The largest absolute Gasteiger partial charge is 0.354 e. The van der Waals surface area contributed by atoms with Gasteiger partial charge in [0.2, 0.25) is 34.9 Å². The first-order chi connectivity index (χ1) is 60.0. The van der Waals surface area contributed by atoms with Crippen LogP contribution in [0.1, 0.15) is 45.6 Å². The molecule has 10 heterocycles. The number of fused-ring (bicyclic) bond motifs is 20. The summed E-state index contributed by atoms with van der Waals surface area (Å²) in [6.45, 7) is 0. The molecule has 38 heteroatoms. The van der Waals surface area contributed by atoms with E-state index in [9.17, 15) is 8.78 Å². The van der Waals surface area contributed by atoms with Gasteiger partial charge in [-0.25, -0.2) is 152 Å². The summed E-state index contributed by atoms with van der Waals surface area (Å²) in [6, 6.07) is 14.6. The summed E-state index contributed by atoms with van der Waals surface area (Å²) in [5, 5.41) is 0. The molecule has 4 N–H and O–H groups in total. The summed E-state index contributed by atoms with van der Waals surface area (Å²) in [7, 11) is 0. The maximum Gasteiger partial charge on any atom is 0.200 e. The molecule has 0 spiro atoms. The summed E-state index contributed by atoms with van der Waals surface area (Å²) < 4.78 is 479. The van der Waals surface area contributed by atoms with Crippen LogP contribution in [0.3, 0.4) is 0 Å². The van der Waals surface area contributed by atoms with Gasteiger partial charge in [0.15, 0.2) is 140 Å². The van der Waals surface area contributed by atoms with E-state index in [1.54, 1.807) is 0 Å². The third kappa shape index (κ3) is 11.4. The van der Waals surface area contributed by atoms with Crippen molar-refractivity contribution in [1.29, 1.82) is 0 Å². The maximum absolute atomic E-state index is 16.8. The summed E-state index contributed by atoms with van der Waals surface area (Å²) in [5.74, 6) is -79.4. The first-order valence-corrected chi connectivity index (χ1v) is 35.7. The van der Waals surface area contributed by atoms with Crippen LogP contribution < -0.4 is 0 Å². The standard InChI is InChI=1S/C88H26F30N8/c89-59-53(60(90)72(102)83(113)71(59)101)47-31-11-7-27(119-31)45(28-8-12-32(120-28)48(54-61(91)73(103)84(114)74(104)62(54)92)36-16-20-40(124-36)51(39-19-15-35(47)123-39)57-67(97)79(109)87(117)80(110)68(57)98)25-5-1-3-23-24-4-2-6-26(44(24)43(23)25)46-29-9-13-33(121-29)49(55-63(93)75(105)85(115)76(106)64(55)94)37-17-21-41(125-37)52(58-69(99)81(111)88(118)82(112)70(58)100)42-22-18-38(126-42)50(34-14-10-30(46)122-34)56-65(95)77(107)86(116)78(108)66(56)96/h1-22,119,121,124,126H. The number of nitrogens with zero attached hydrogens (tertiary/aromatic N) is 4. The molecular weight excluding hydrogens is 1740 g/mol. The van der Waals surface area contributed by atoms with Crippen LogP contribution in [0.5, 0.6) is 0 Å². The van der Waals surface area contributed by atoms with Gasteiger partial charge in [0.25, 0.3) is 0 Å². The van der Waals surface area contributed by atoms with Crippen LogP contribution in [0.25, 0.3) is 204 Å². The average Bonchev–Trinajstić information content (AvgIpc) is 1.09. The minimum Gasteiger partial charge on any atom is -0.354 e. The van der Waals surface area contributed by atoms with Crippen molar-refractivity contribution in [3.05, 3.63) is 305 Å². The van der Waals surface area contributed by atoms with Gasteiger partial charge in [-0.05, 0) is 131 Å². The topological polar surface area (TPSA) is 115 Å². The first-order valence-electron chi connectivity index (χ1n) is 35.7. The number of rotatable bonds is 8. The Balaban J connectivity index is 0.958. The van der Waals surface area contributed by atoms with E-state index in [2.05, 4.69) is 39.9 Å². The molecular formula is C88H26F30N8. The number of aromatic amines is 4. The quantitative estimate of drug-likeness (QED) is 0.0689. The minimum atomic E-state index is -2.76. The molecule has 0 saturated heterocycles. The highest BCUT2D eigenvalue weighted by atomic mass is 19.2. The second kappa shape index (κ2) is 28.7. The lowest BCUT2D eigenvalue weighted by Crippen LogP contribution is -2.06. The van der Waals surface area contributed by atoms with Gasteiger partial charge in [-0.15, -0.1) is 0 Å². The van der Waals surface area contributed by atoms with E-state index in [-0.39, 0.29) is 33.4 Å². The third-order valence-electron chi connectivity index (χ3n) is 21.5. The first kappa shape index (κ1) is 80.6. The molecule has 0 unspecified atom stereocenters. The number of benzene rings is 8. The Morgan fingerprint density at radius 2 is 0.254 bits per heavy atom. The Labute approximate surface area is 678 Å². The SMILES string of the molecule is Fc1c(F)c(F)c(-c2c3nc(c(-c4c(F)c(F)c(F)c(F)c4F)c4ccc([nH]4)c(-c4c(F)c(F)c(F)c(F)c4F)c4nc(c(-c5cccc6c5-c5c-6cccc5-c5c6nc(c(-c7c(F)c(F)c(F)c(F)c7F)c7ccc([nH]7)c(-c7c(F)c(F)c(F)c(F)c7F)c7nc(c(-c8c(F)c(F)c(F)c(F)c8F)c8ccc5[nH]8)C=C7)C=C6)c5ccc2[nH]5)C=C4)C=C3)c(F)c1F. The van der Waals surface area contributed by atoms with Gasteiger partial charge in [0, 0.05) is 88.6 Å². The molecule has 0 amide bonds. The summed E-state index contributed by atoms with van der Waals surface area (Å²) in [4.78, 5) is 28.0. The van der Waals surface area contributed by atoms with Crippen LogP contribution >= 0.6 is 0 Å². The molecule has 6 aromatic heterocycles. The van der Waals surface area contributed by atoms with Crippen LogP contribution in [-0.4, -0.2) is 39.9 Å². The van der Waals surface area contributed by atoms with Crippen molar-refractivity contribution < 1.29 is 132 Å². The van der Waals surface area contributed by atoms with E-state index in [0.29, 0.717) is 48.6 Å². The molecule has 14 aromatic rings. The molecule has 126 heavy (non-hydrogen) atoms. The van der Waals surface area contributed by atoms with Gasteiger partial charge in [-0.3, -0.25) is 0 Å². The lowest BCUT2D eigenvalue weighted by Gasteiger charge is -2.30. The van der Waals surface area contributed by atoms with Crippen molar-refractivity contribution in [2.45, 2.75) is 0 Å². The number of aromatic nitrogens is 8. The lowest BCUT2D eigenvalue weighted by atomic mass is 9.73. The summed E-state index contributed by atoms with van der Waals surface area (Å²) in [5.41, 5.74) is -32.6. The molecule has 0 saturated carbocycles. The number of nitrogens with one attached hydrogen (secondary N) is 4. The van der Waals surface area contributed by atoms with Gasteiger partial charge in [0.1, 0.15) is 0 Å². The highest BCUT2D eigenvalue weighted by Gasteiger charge is 2.40. The molecule has 0 atom stereocenters. The zero-order valence-electron chi connectivity index (χ0n) is 60.8. The Morgan fingerprint density at radius 3 is 0.413 bits per heavy atom. The fraction of sp³-hybridized carbons (Fsp3) is 0. The second-order valence-electron chi connectivity index (χ2n) is 28.1. The van der Waals surface area contributed by atoms with Gasteiger partial charge in [-0.1, -0.05) is 36.4 Å². The van der Waals surface area contributed by atoms with Crippen molar-refractivity contribution in [3.63, 3.8) is 0 Å². The maximum atomic E-state index is 16.8. The van der Waals surface area contributed by atoms with E-state index < -0.39 is 342 Å². The number of hydrogen-bond acceptors (Lipinski definition) is 4. The third-order valence-corrected chi connectivity index (χ3v) is 21.5. The Morgan fingerprint density at radius 1 is 0.127 bits per heavy atom. The van der Waals surface area contributed by atoms with Crippen LogP contribution in [0.4, 0.5) is 132 Å². The molecule has 4 aliphatic heterocycles. The van der Waals surface area contributed by atoms with E-state index in [1.807, 2.05) is 0 Å². The Bertz CT molecular complexity index is 7210. The Hall–Kier alpha value is -15.1. The Kier molecular flexibility index (Phi) is 18.4. The molecule has 5 aliphatic rings. The highest BCUT2D eigenvalue weighted by Crippen LogP contribution is 2.58. The van der Waals surface area contributed by atoms with Gasteiger partial charge in [0.05, 0.1) is 78.9 Å². The summed E-state index contributed by atoms with van der Waals surface area (Å²) >= 11 is 0. The van der Waals surface area contributed by atoms with Crippen molar-refractivity contribution >= 4 is 92.7 Å². The van der Waals surface area contributed by atoms with Crippen LogP contribution in [0.2, 0.25) is 0 Å². The lowest BCUT2D eigenvalue weighted by molar-refractivity contribution is 0.381. The van der Waals surface area contributed by atoms with Crippen LogP contribution in [0.15, 0.2) is 84.9 Å². The minimum absolute atomic E-state index is 0.0671. The molecule has 628 valence electrons. The van der Waals surface area contributed by atoms with E-state index in [4.69, 9.17) is 0 Å². The molecule has 8 aromatic carbocycles. The van der Waals surface area contributed by atoms with Gasteiger partial charge in [-0.2, -0.15) is 0 Å². The van der Waals surface area contributed by atoms with Crippen LogP contribution in [-0.2, 0) is 0 Å². The van der Waals surface area contributed by atoms with E-state index >= 15 is 123 Å². The summed E-state index contributed by atoms with van der Waals surface area (Å²) in [6.07, 6.45) is 6.30. The average molecular weight is 1770 g/mol. The van der Waals surface area contributed by atoms with E-state index in [1.165, 1.54) is 36.4 Å². The fourth-order valence-corrected chi connectivity index (χ4v) is 15.9. The zero-order chi connectivity index (χ0) is 89.3. The van der Waals surface area contributed by atoms with Crippen LogP contribution in [0, 0.1) is 175 Å². The highest BCUT2D eigenvalue weighted by molar-refractivity contribution is 6.17. The van der Waals surface area contributed by atoms with Crippen molar-refractivity contribution in [2.75, 3.05) is 0 Å².